The van der Waals surface area contributed by atoms with E-state index in [0.29, 0.717) is 17.3 Å². The molecule has 1 rings (SSSR count). The molecule has 4 nitrogen and oxygen atoms in total. The SMILES string of the molecule is CC(C)N(CCO)CC(=O)Nc1cccc(Cl)c1. The van der Waals surface area contributed by atoms with Gasteiger partial charge in [0, 0.05) is 23.3 Å². The van der Waals surface area contributed by atoms with E-state index in [1.54, 1.807) is 24.3 Å². The van der Waals surface area contributed by atoms with Crippen molar-refractivity contribution in [2.24, 2.45) is 0 Å². The van der Waals surface area contributed by atoms with E-state index in [0.717, 1.165) is 0 Å². The Morgan fingerprint density at radius 1 is 1.50 bits per heavy atom. The Labute approximate surface area is 113 Å². The van der Waals surface area contributed by atoms with Crippen LogP contribution < -0.4 is 5.32 Å². The molecule has 0 radical (unpaired) electrons. The molecular weight excluding hydrogens is 252 g/mol. The van der Waals surface area contributed by atoms with Gasteiger partial charge in [0.15, 0.2) is 0 Å². The molecule has 0 aliphatic heterocycles. The van der Waals surface area contributed by atoms with Gasteiger partial charge in [-0.2, -0.15) is 0 Å². The van der Waals surface area contributed by atoms with E-state index in [1.807, 2.05) is 18.7 Å². The fourth-order valence-electron chi connectivity index (χ4n) is 1.60. The van der Waals surface area contributed by atoms with E-state index < -0.39 is 0 Å². The summed E-state index contributed by atoms with van der Waals surface area (Å²) in [5.41, 5.74) is 0.681. The highest BCUT2D eigenvalue weighted by Gasteiger charge is 2.13. The van der Waals surface area contributed by atoms with Crippen LogP contribution >= 0.6 is 11.6 Å². The summed E-state index contributed by atoms with van der Waals surface area (Å²) in [6.45, 7) is 4.76. The minimum absolute atomic E-state index is 0.0443. The number of halogens is 1. The number of aliphatic hydroxyl groups is 1. The normalized spacial score (nSPS) is 11.0. The van der Waals surface area contributed by atoms with Crippen LogP contribution in [0, 0.1) is 0 Å². The van der Waals surface area contributed by atoms with Gasteiger partial charge in [0.25, 0.3) is 0 Å². The maximum atomic E-state index is 11.8. The van der Waals surface area contributed by atoms with Gasteiger partial charge in [-0.05, 0) is 32.0 Å². The van der Waals surface area contributed by atoms with Crippen LogP contribution in [0.25, 0.3) is 0 Å². The molecule has 0 bridgehead atoms. The van der Waals surface area contributed by atoms with Crippen molar-refractivity contribution in [1.29, 1.82) is 0 Å². The Balaban J connectivity index is 2.55. The minimum Gasteiger partial charge on any atom is -0.395 e. The number of nitrogens with zero attached hydrogens (tertiary/aromatic N) is 1. The molecule has 0 atom stereocenters. The number of amides is 1. The summed E-state index contributed by atoms with van der Waals surface area (Å²) >= 11 is 5.84. The van der Waals surface area contributed by atoms with E-state index in [2.05, 4.69) is 5.32 Å². The van der Waals surface area contributed by atoms with Crippen molar-refractivity contribution in [1.82, 2.24) is 4.90 Å². The number of benzene rings is 1. The van der Waals surface area contributed by atoms with Crippen LogP contribution in [0.2, 0.25) is 5.02 Å². The standard InChI is InChI=1S/C13H19ClN2O2/c1-10(2)16(6-7-17)9-13(18)15-12-5-3-4-11(14)8-12/h3-5,8,10,17H,6-7,9H2,1-2H3,(H,15,18). The van der Waals surface area contributed by atoms with Gasteiger partial charge in [-0.1, -0.05) is 17.7 Å². The number of hydrogen-bond acceptors (Lipinski definition) is 3. The molecule has 0 aliphatic carbocycles. The van der Waals surface area contributed by atoms with E-state index in [1.165, 1.54) is 0 Å². The zero-order valence-corrected chi connectivity index (χ0v) is 11.4. The zero-order valence-electron chi connectivity index (χ0n) is 10.7. The maximum Gasteiger partial charge on any atom is 0.238 e. The van der Waals surface area contributed by atoms with Gasteiger partial charge in [0.1, 0.15) is 0 Å². The van der Waals surface area contributed by atoms with Crippen LogP contribution in [0.1, 0.15) is 13.8 Å². The lowest BCUT2D eigenvalue weighted by Gasteiger charge is -2.24. The van der Waals surface area contributed by atoms with Crippen molar-refractivity contribution >= 4 is 23.2 Å². The molecular formula is C13H19ClN2O2. The number of aliphatic hydroxyl groups excluding tert-OH is 1. The molecule has 0 aliphatic rings. The lowest BCUT2D eigenvalue weighted by atomic mass is 10.3. The van der Waals surface area contributed by atoms with Crippen LogP contribution in [0.15, 0.2) is 24.3 Å². The average molecular weight is 271 g/mol. The Bertz CT molecular complexity index is 396. The fraction of sp³-hybridized carbons (Fsp3) is 0.462. The molecule has 0 saturated carbocycles. The number of nitrogens with one attached hydrogen (secondary N) is 1. The Hall–Kier alpha value is -1.10. The largest absolute Gasteiger partial charge is 0.395 e. The molecule has 0 saturated heterocycles. The topological polar surface area (TPSA) is 52.6 Å². The Morgan fingerprint density at radius 3 is 2.78 bits per heavy atom. The summed E-state index contributed by atoms with van der Waals surface area (Å²) in [6, 6.07) is 7.23. The van der Waals surface area contributed by atoms with Crippen molar-refractivity contribution in [2.45, 2.75) is 19.9 Å². The lowest BCUT2D eigenvalue weighted by Crippen LogP contribution is -2.39. The molecule has 5 heteroatoms. The van der Waals surface area contributed by atoms with Crippen LogP contribution in [0.3, 0.4) is 0 Å². The van der Waals surface area contributed by atoms with Gasteiger partial charge in [-0.25, -0.2) is 0 Å². The Kier molecular flexibility index (Phi) is 6.12. The summed E-state index contributed by atoms with van der Waals surface area (Å²) in [6.07, 6.45) is 0. The fourth-order valence-corrected chi connectivity index (χ4v) is 1.79. The highest BCUT2D eigenvalue weighted by Crippen LogP contribution is 2.14. The summed E-state index contributed by atoms with van der Waals surface area (Å²) in [5.74, 6) is -0.112. The van der Waals surface area contributed by atoms with Crippen LogP contribution in [-0.2, 0) is 4.79 Å². The first-order valence-electron chi connectivity index (χ1n) is 5.93. The number of rotatable bonds is 6. The molecule has 1 aromatic carbocycles. The van der Waals surface area contributed by atoms with Crippen molar-refractivity contribution in [2.75, 3.05) is 25.0 Å². The third-order valence-corrected chi connectivity index (χ3v) is 2.81. The molecule has 0 spiro atoms. The van der Waals surface area contributed by atoms with Gasteiger partial charge in [-0.3, -0.25) is 9.69 Å². The smallest absolute Gasteiger partial charge is 0.238 e. The van der Waals surface area contributed by atoms with Crippen molar-refractivity contribution in [3.8, 4) is 0 Å². The number of carbonyl (C=O) groups is 1. The highest BCUT2D eigenvalue weighted by molar-refractivity contribution is 6.30. The molecule has 2 N–H and O–H groups in total. The molecule has 0 fully saturated rings. The first-order chi connectivity index (χ1) is 8.52. The molecule has 1 aromatic rings. The van der Waals surface area contributed by atoms with E-state index in [-0.39, 0.29) is 25.1 Å². The summed E-state index contributed by atoms with van der Waals surface area (Å²) in [4.78, 5) is 13.7. The molecule has 0 aromatic heterocycles. The molecule has 0 unspecified atom stereocenters. The second kappa shape index (κ2) is 7.36. The molecule has 100 valence electrons. The second-order valence-electron chi connectivity index (χ2n) is 4.35. The number of anilines is 1. The third kappa shape index (κ3) is 5.04. The predicted molar refractivity (Wildman–Crippen MR) is 73.9 cm³/mol. The first kappa shape index (κ1) is 15.0. The van der Waals surface area contributed by atoms with Gasteiger partial charge in [-0.15, -0.1) is 0 Å². The van der Waals surface area contributed by atoms with Crippen molar-refractivity contribution in [3.63, 3.8) is 0 Å². The highest BCUT2D eigenvalue weighted by atomic mass is 35.5. The predicted octanol–water partition coefficient (Wildman–Crippen LogP) is 1.98. The number of carbonyl (C=O) groups excluding carboxylic acids is 1. The van der Waals surface area contributed by atoms with Crippen LogP contribution in [0.5, 0.6) is 0 Å². The van der Waals surface area contributed by atoms with Crippen LogP contribution in [0.4, 0.5) is 5.69 Å². The van der Waals surface area contributed by atoms with Crippen LogP contribution in [-0.4, -0.2) is 41.7 Å². The zero-order chi connectivity index (χ0) is 13.5. The minimum atomic E-state index is -0.112. The summed E-state index contributed by atoms with van der Waals surface area (Å²) in [5, 5.41) is 12.3. The second-order valence-corrected chi connectivity index (χ2v) is 4.78. The van der Waals surface area contributed by atoms with Gasteiger partial charge < -0.3 is 10.4 Å². The van der Waals surface area contributed by atoms with E-state index >= 15 is 0 Å². The Morgan fingerprint density at radius 2 is 2.22 bits per heavy atom. The van der Waals surface area contributed by atoms with Gasteiger partial charge in [0.05, 0.1) is 13.2 Å². The summed E-state index contributed by atoms with van der Waals surface area (Å²) in [7, 11) is 0. The number of hydrogen-bond donors (Lipinski definition) is 2. The maximum absolute atomic E-state index is 11.8. The van der Waals surface area contributed by atoms with E-state index in [4.69, 9.17) is 16.7 Å². The lowest BCUT2D eigenvalue weighted by molar-refractivity contribution is -0.117. The quantitative estimate of drug-likeness (QED) is 0.831. The monoisotopic (exact) mass is 270 g/mol. The van der Waals surface area contributed by atoms with E-state index in [9.17, 15) is 4.79 Å². The van der Waals surface area contributed by atoms with Gasteiger partial charge >= 0.3 is 0 Å². The van der Waals surface area contributed by atoms with Crippen molar-refractivity contribution < 1.29 is 9.90 Å². The molecule has 1 amide bonds. The third-order valence-electron chi connectivity index (χ3n) is 2.57. The van der Waals surface area contributed by atoms with Gasteiger partial charge in [0.2, 0.25) is 5.91 Å². The van der Waals surface area contributed by atoms with Crippen molar-refractivity contribution in [3.05, 3.63) is 29.3 Å². The summed E-state index contributed by atoms with van der Waals surface area (Å²) < 4.78 is 0. The average Bonchev–Trinajstić information content (AvgIpc) is 2.28. The first-order valence-corrected chi connectivity index (χ1v) is 6.31. The molecule has 18 heavy (non-hydrogen) atoms. The molecule has 0 heterocycles.